The van der Waals surface area contributed by atoms with Gasteiger partial charge in [-0.15, -0.1) is 10.2 Å². The summed E-state index contributed by atoms with van der Waals surface area (Å²) < 4.78 is 33.2. The first-order valence-corrected chi connectivity index (χ1v) is 12.0. The third-order valence-corrected chi connectivity index (χ3v) is 5.71. The van der Waals surface area contributed by atoms with Crippen LogP contribution in [0.1, 0.15) is 54.3 Å². The number of aryl methyl sites for hydroxylation is 1. The van der Waals surface area contributed by atoms with E-state index >= 15 is 0 Å². The van der Waals surface area contributed by atoms with Crippen molar-refractivity contribution in [3.05, 3.63) is 83.2 Å². The zero-order valence-electron chi connectivity index (χ0n) is 21.3. The van der Waals surface area contributed by atoms with E-state index in [1.807, 2.05) is 25.1 Å². The molecule has 198 valence electrons. The zero-order chi connectivity index (χ0) is 27.3. The molecule has 0 saturated carbocycles. The molecule has 0 bridgehead atoms. The SMILES string of the molecule is Cc1ccc(OCCCC(C)(C)O)cc1-c1cc(NC(=O)c2nnc(Cc3cc(F)ccc3F)[nH]2)ncn1. The summed E-state index contributed by atoms with van der Waals surface area (Å²) in [4.78, 5) is 23.9. The molecule has 2 aromatic carbocycles. The number of nitrogens with one attached hydrogen (secondary N) is 2. The van der Waals surface area contributed by atoms with Crippen LogP contribution in [0.25, 0.3) is 11.3 Å². The van der Waals surface area contributed by atoms with Gasteiger partial charge in [0.25, 0.3) is 5.91 Å². The number of hydrogen-bond donors (Lipinski definition) is 3. The second-order valence-corrected chi connectivity index (χ2v) is 9.52. The van der Waals surface area contributed by atoms with Gasteiger partial charge in [-0.05, 0) is 75.1 Å². The van der Waals surface area contributed by atoms with E-state index in [0.717, 1.165) is 29.3 Å². The normalized spacial score (nSPS) is 11.4. The van der Waals surface area contributed by atoms with Gasteiger partial charge in [-0.25, -0.2) is 18.7 Å². The van der Waals surface area contributed by atoms with Gasteiger partial charge in [0.2, 0.25) is 5.82 Å². The number of H-pyrrole nitrogens is 1. The van der Waals surface area contributed by atoms with Crippen LogP contribution in [0.5, 0.6) is 5.75 Å². The van der Waals surface area contributed by atoms with Crippen molar-refractivity contribution in [1.29, 1.82) is 0 Å². The quantitative estimate of drug-likeness (QED) is 0.260. The number of nitrogens with zero attached hydrogens (tertiary/aromatic N) is 4. The van der Waals surface area contributed by atoms with Crippen molar-refractivity contribution in [2.75, 3.05) is 11.9 Å². The van der Waals surface area contributed by atoms with E-state index < -0.39 is 23.1 Å². The lowest BCUT2D eigenvalue weighted by Crippen LogP contribution is -2.19. The highest BCUT2D eigenvalue weighted by Gasteiger charge is 2.16. The molecular weight excluding hydrogens is 494 g/mol. The molecule has 0 radical (unpaired) electrons. The Morgan fingerprint density at radius 2 is 1.92 bits per heavy atom. The summed E-state index contributed by atoms with van der Waals surface area (Å²) in [5.74, 6) is -0.751. The van der Waals surface area contributed by atoms with Crippen LogP contribution in [0.3, 0.4) is 0 Å². The fourth-order valence-electron chi connectivity index (χ4n) is 3.75. The van der Waals surface area contributed by atoms with Crippen molar-refractivity contribution in [3.8, 4) is 17.0 Å². The van der Waals surface area contributed by atoms with Crippen molar-refractivity contribution in [1.82, 2.24) is 25.1 Å². The van der Waals surface area contributed by atoms with Gasteiger partial charge in [-0.2, -0.15) is 0 Å². The summed E-state index contributed by atoms with van der Waals surface area (Å²) in [6, 6.07) is 10.4. The molecule has 0 fully saturated rings. The van der Waals surface area contributed by atoms with Crippen LogP contribution in [0, 0.1) is 18.6 Å². The molecule has 0 aliphatic rings. The first-order chi connectivity index (χ1) is 18.1. The van der Waals surface area contributed by atoms with Crippen LogP contribution in [-0.2, 0) is 6.42 Å². The van der Waals surface area contributed by atoms with Crippen molar-refractivity contribution in [2.24, 2.45) is 0 Å². The van der Waals surface area contributed by atoms with Crippen molar-refractivity contribution >= 4 is 11.7 Å². The third kappa shape index (κ3) is 7.16. The van der Waals surface area contributed by atoms with E-state index in [0.29, 0.717) is 30.9 Å². The number of carbonyl (C=O) groups is 1. The average molecular weight is 523 g/mol. The molecule has 0 unspecified atom stereocenters. The van der Waals surface area contributed by atoms with Gasteiger partial charge in [0.1, 0.15) is 35.4 Å². The lowest BCUT2D eigenvalue weighted by Gasteiger charge is -2.17. The minimum absolute atomic E-state index is 0.0586. The lowest BCUT2D eigenvalue weighted by molar-refractivity contribution is 0.0641. The van der Waals surface area contributed by atoms with Crippen LogP contribution < -0.4 is 10.1 Å². The lowest BCUT2D eigenvalue weighted by atomic mass is 10.0. The molecular formula is C27H28F2N6O3. The Kier molecular flexibility index (Phi) is 8.06. The van der Waals surface area contributed by atoms with Gasteiger partial charge < -0.3 is 20.1 Å². The molecule has 9 nitrogen and oxygen atoms in total. The number of halogens is 2. The van der Waals surface area contributed by atoms with Crippen molar-refractivity contribution in [2.45, 2.75) is 45.6 Å². The van der Waals surface area contributed by atoms with Gasteiger partial charge in [0.15, 0.2) is 0 Å². The largest absolute Gasteiger partial charge is 0.494 e. The highest BCUT2D eigenvalue weighted by molar-refractivity contribution is 6.01. The van der Waals surface area contributed by atoms with Crippen LogP contribution in [-0.4, -0.2) is 48.4 Å². The fraction of sp³-hybridized carbons (Fsp3) is 0.296. The van der Waals surface area contributed by atoms with Crippen LogP contribution in [0.4, 0.5) is 14.6 Å². The summed E-state index contributed by atoms with van der Waals surface area (Å²) in [7, 11) is 0. The van der Waals surface area contributed by atoms with E-state index in [1.165, 1.54) is 6.33 Å². The molecule has 2 aromatic heterocycles. The Morgan fingerprint density at radius 3 is 2.71 bits per heavy atom. The van der Waals surface area contributed by atoms with E-state index in [-0.39, 0.29) is 29.5 Å². The zero-order valence-corrected chi connectivity index (χ0v) is 21.3. The molecule has 4 rings (SSSR count). The summed E-state index contributed by atoms with van der Waals surface area (Å²) >= 11 is 0. The highest BCUT2D eigenvalue weighted by atomic mass is 19.1. The van der Waals surface area contributed by atoms with Gasteiger partial charge in [0.05, 0.1) is 17.9 Å². The number of aliphatic hydroxyl groups is 1. The Hall–Kier alpha value is -4.25. The average Bonchev–Trinajstić information content (AvgIpc) is 3.33. The number of ether oxygens (including phenoxy) is 1. The molecule has 0 aliphatic heterocycles. The Balaban J connectivity index is 1.43. The second kappa shape index (κ2) is 11.4. The van der Waals surface area contributed by atoms with E-state index in [2.05, 4.69) is 30.5 Å². The number of rotatable bonds is 10. The van der Waals surface area contributed by atoms with E-state index in [4.69, 9.17) is 4.74 Å². The monoisotopic (exact) mass is 522 g/mol. The molecule has 0 atom stereocenters. The van der Waals surface area contributed by atoms with Crippen molar-refractivity contribution in [3.63, 3.8) is 0 Å². The number of benzene rings is 2. The van der Waals surface area contributed by atoms with E-state index in [1.54, 1.807) is 19.9 Å². The predicted molar refractivity (Wildman–Crippen MR) is 137 cm³/mol. The molecule has 1 amide bonds. The molecule has 0 spiro atoms. The highest BCUT2D eigenvalue weighted by Crippen LogP contribution is 2.27. The van der Waals surface area contributed by atoms with Gasteiger partial charge in [0, 0.05) is 18.1 Å². The molecule has 11 heteroatoms. The maximum absolute atomic E-state index is 13.9. The van der Waals surface area contributed by atoms with Gasteiger partial charge >= 0.3 is 0 Å². The van der Waals surface area contributed by atoms with Crippen LogP contribution in [0.2, 0.25) is 0 Å². The van der Waals surface area contributed by atoms with E-state index in [9.17, 15) is 18.7 Å². The van der Waals surface area contributed by atoms with Crippen molar-refractivity contribution < 1.29 is 23.4 Å². The summed E-state index contributed by atoms with van der Waals surface area (Å²) in [5.41, 5.74) is 1.69. The Labute approximate surface area is 218 Å². The maximum Gasteiger partial charge on any atom is 0.294 e. The minimum Gasteiger partial charge on any atom is -0.494 e. The van der Waals surface area contributed by atoms with Gasteiger partial charge in [-0.1, -0.05) is 6.07 Å². The van der Waals surface area contributed by atoms with Crippen LogP contribution in [0.15, 0.2) is 48.8 Å². The Bertz CT molecular complexity index is 1430. The smallest absolute Gasteiger partial charge is 0.294 e. The fourth-order valence-corrected chi connectivity index (χ4v) is 3.75. The second-order valence-electron chi connectivity index (χ2n) is 9.52. The van der Waals surface area contributed by atoms with Gasteiger partial charge in [-0.3, -0.25) is 4.79 Å². The number of hydrogen-bond acceptors (Lipinski definition) is 7. The topological polar surface area (TPSA) is 126 Å². The number of aromatic nitrogens is 5. The molecule has 2 heterocycles. The first kappa shape index (κ1) is 26.8. The standard InChI is InChI=1S/C27H28F2N6O3/c1-16-5-7-19(38-10-4-9-27(2,3)37)13-20(16)22-14-23(31-15-30-22)33-26(36)25-32-24(34-35-25)12-17-11-18(28)6-8-21(17)29/h5-8,11,13-15,37H,4,9-10,12H2,1-3H3,(H,32,34,35)(H,30,31,33,36). The molecule has 3 N–H and O–H groups in total. The number of amides is 1. The number of carbonyl (C=O) groups excluding carboxylic acids is 1. The predicted octanol–water partition coefficient (Wildman–Crippen LogP) is 4.62. The Morgan fingerprint density at radius 1 is 1.11 bits per heavy atom. The summed E-state index contributed by atoms with van der Waals surface area (Å²) in [5, 5.41) is 20.2. The number of aromatic amines is 1. The third-order valence-electron chi connectivity index (χ3n) is 5.71. The summed E-state index contributed by atoms with van der Waals surface area (Å²) in [6.45, 7) is 5.92. The number of anilines is 1. The molecule has 0 saturated heterocycles. The van der Waals surface area contributed by atoms with Crippen LogP contribution >= 0.6 is 0 Å². The molecule has 0 aliphatic carbocycles. The summed E-state index contributed by atoms with van der Waals surface area (Å²) in [6.07, 6.45) is 2.60. The molecule has 38 heavy (non-hydrogen) atoms. The first-order valence-electron chi connectivity index (χ1n) is 12.0. The maximum atomic E-state index is 13.9. The minimum atomic E-state index is -0.740. The molecule has 4 aromatic rings.